The largest absolute Gasteiger partial charge is 0.393 e. The highest BCUT2D eigenvalue weighted by Gasteiger charge is 2.45. The number of fused-ring (bicyclic) bond motifs is 1. The highest BCUT2D eigenvalue weighted by atomic mass is 16.3. The SMILES string of the molecule is C=C1/C(=C\C=C2/CCCC3(C)C(C(C)C/C=C/C(O)(CC)CC)=CCC23)CC(O)CC1N. The zero-order valence-corrected chi connectivity index (χ0v) is 20.7. The van der Waals surface area contributed by atoms with Gasteiger partial charge in [0, 0.05) is 6.04 Å². The Morgan fingerprint density at radius 3 is 2.72 bits per heavy atom. The minimum Gasteiger partial charge on any atom is -0.393 e. The fourth-order valence-electron chi connectivity index (χ4n) is 6.24. The van der Waals surface area contributed by atoms with Gasteiger partial charge in [-0.25, -0.2) is 0 Å². The molecule has 0 radical (unpaired) electrons. The summed E-state index contributed by atoms with van der Waals surface area (Å²) >= 11 is 0. The lowest BCUT2D eigenvalue weighted by molar-refractivity contribution is 0.0824. The monoisotopic (exact) mass is 439 g/mol. The van der Waals surface area contributed by atoms with E-state index in [0.717, 1.165) is 43.3 Å². The molecule has 3 aliphatic carbocycles. The standard InChI is InChI=1S/C29H45NO2/c1-6-29(32,7-2)17-8-10-20(3)25-14-15-26-22(11-9-16-28(25,26)5)12-13-23-18-24(31)19-27(30)21(23)4/h8,12-14,17,20,24,26-27,31-32H,4,6-7,9-11,15-16,18-19,30H2,1-3,5H3/b17-8+,22-12+,23-13-. The van der Waals surface area contributed by atoms with E-state index in [-0.39, 0.29) is 17.6 Å². The predicted molar refractivity (Wildman–Crippen MR) is 135 cm³/mol. The topological polar surface area (TPSA) is 66.5 Å². The van der Waals surface area contributed by atoms with Crippen LogP contribution in [0.4, 0.5) is 0 Å². The minimum absolute atomic E-state index is 0.133. The molecular weight excluding hydrogens is 394 g/mol. The van der Waals surface area contributed by atoms with Crippen LogP contribution >= 0.6 is 0 Å². The molecule has 0 saturated heterocycles. The van der Waals surface area contributed by atoms with Crippen molar-refractivity contribution in [2.45, 2.75) is 103 Å². The summed E-state index contributed by atoms with van der Waals surface area (Å²) < 4.78 is 0. The highest BCUT2D eigenvalue weighted by Crippen LogP contribution is 2.57. The van der Waals surface area contributed by atoms with Crippen LogP contribution in [0.5, 0.6) is 0 Å². The summed E-state index contributed by atoms with van der Waals surface area (Å²) in [5.41, 5.74) is 10.9. The van der Waals surface area contributed by atoms with Crippen LogP contribution in [0, 0.1) is 17.3 Å². The van der Waals surface area contributed by atoms with E-state index in [0.29, 0.717) is 24.7 Å². The number of allylic oxidation sites excluding steroid dienone is 6. The molecule has 0 spiro atoms. The number of hydrogen-bond donors (Lipinski definition) is 3. The summed E-state index contributed by atoms with van der Waals surface area (Å²) in [4.78, 5) is 0. The van der Waals surface area contributed by atoms with Gasteiger partial charge in [0.25, 0.3) is 0 Å². The molecule has 3 rings (SSSR count). The van der Waals surface area contributed by atoms with Gasteiger partial charge in [0.1, 0.15) is 0 Å². The lowest BCUT2D eigenvalue weighted by Crippen LogP contribution is -2.34. The quantitative estimate of drug-likeness (QED) is 0.417. The Bertz CT molecular complexity index is 813. The van der Waals surface area contributed by atoms with Crippen LogP contribution in [-0.2, 0) is 0 Å². The average molecular weight is 440 g/mol. The van der Waals surface area contributed by atoms with Crippen LogP contribution in [0.15, 0.2) is 59.3 Å². The van der Waals surface area contributed by atoms with E-state index in [1.54, 1.807) is 5.57 Å². The summed E-state index contributed by atoms with van der Waals surface area (Å²) in [5, 5.41) is 20.7. The smallest absolute Gasteiger partial charge is 0.0822 e. The van der Waals surface area contributed by atoms with E-state index in [9.17, 15) is 10.2 Å². The molecule has 0 amide bonds. The third kappa shape index (κ3) is 5.21. The molecule has 178 valence electrons. The van der Waals surface area contributed by atoms with Gasteiger partial charge in [-0.3, -0.25) is 0 Å². The lowest BCUT2D eigenvalue weighted by atomic mass is 9.62. The zero-order chi connectivity index (χ0) is 23.5. The Morgan fingerprint density at radius 1 is 1.31 bits per heavy atom. The first-order valence-electron chi connectivity index (χ1n) is 12.8. The zero-order valence-electron chi connectivity index (χ0n) is 20.7. The second kappa shape index (κ2) is 10.2. The molecule has 2 fully saturated rings. The van der Waals surface area contributed by atoms with E-state index in [1.165, 1.54) is 18.4 Å². The lowest BCUT2D eigenvalue weighted by Gasteiger charge is -2.42. The Morgan fingerprint density at radius 2 is 2.03 bits per heavy atom. The molecule has 3 aliphatic rings. The fraction of sp³-hybridized carbons (Fsp3) is 0.655. The van der Waals surface area contributed by atoms with E-state index in [4.69, 9.17) is 5.73 Å². The highest BCUT2D eigenvalue weighted by molar-refractivity contribution is 5.40. The first-order valence-corrected chi connectivity index (χ1v) is 12.8. The maximum atomic E-state index is 10.6. The molecule has 3 nitrogen and oxygen atoms in total. The van der Waals surface area contributed by atoms with Crippen molar-refractivity contribution in [2.75, 3.05) is 0 Å². The second-order valence-electron chi connectivity index (χ2n) is 10.7. The molecule has 0 heterocycles. The van der Waals surface area contributed by atoms with E-state index in [2.05, 4.69) is 44.7 Å². The van der Waals surface area contributed by atoms with Crippen molar-refractivity contribution in [1.82, 2.24) is 0 Å². The van der Waals surface area contributed by atoms with E-state index < -0.39 is 5.60 Å². The Labute approximate surface area is 195 Å². The number of hydrogen-bond acceptors (Lipinski definition) is 3. The molecule has 0 bridgehead atoms. The van der Waals surface area contributed by atoms with Gasteiger partial charge in [0.05, 0.1) is 11.7 Å². The maximum Gasteiger partial charge on any atom is 0.0822 e. The molecule has 0 aliphatic heterocycles. The Hall–Kier alpha value is -1.42. The number of nitrogens with two attached hydrogens (primary N) is 1. The molecule has 4 N–H and O–H groups in total. The first kappa shape index (κ1) is 25.2. The van der Waals surface area contributed by atoms with Crippen molar-refractivity contribution in [3.8, 4) is 0 Å². The molecule has 0 aromatic rings. The molecular formula is C29H45NO2. The molecule has 32 heavy (non-hydrogen) atoms. The molecule has 5 atom stereocenters. The van der Waals surface area contributed by atoms with E-state index in [1.807, 2.05) is 19.9 Å². The minimum atomic E-state index is -0.663. The second-order valence-corrected chi connectivity index (χ2v) is 10.7. The molecule has 3 heteroatoms. The third-order valence-electron chi connectivity index (χ3n) is 8.62. The number of rotatable bonds is 7. The summed E-state index contributed by atoms with van der Waals surface area (Å²) in [6.07, 6.45) is 19.4. The predicted octanol–water partition coefficient (Wildman–Crippen LogP) is 6.15. The van der Waals surface area contributed by atoms with Crippen molar-refractivity contribution in [3.05, 3.63) is 59.3 Å². The molecule has 0 aromatic carbocycles. The summed E-state index contributed by atoms with van der Waals surface area (Å²) in [5.74, 6) is 1.05. The van der Waals surface area contributed by atoms with Gasteiger partial charge in [-0.05, 0) is 86.2 Å². The van der Waals surface area contributed by atoms with Gasteiger partial charge in [0.15, 0.2) is 0 Å². The van der Waals surface area contributed by atoms with Crippen molar-refractivity contribution in [3.63, 3.8) is 0 Å². The summed E-state index contributed by atoms with van der Waals surface area (Å²) in [6, 6.07) is -0.133. The number of aliphatic hydroxyl groups is 2. The van der Waals surface area contributed by atoms with Gasteiger partial charge in [-0.1, -0.05) is 75.8 Å². The summed E-state index contributed by atoms with van der Waals surface area (Å²) in [7, 11) is 0. The van der Waals surface area contributed by atoms with Crippen LogP contribution in [-0.4, -0.2) is 28.0 Å². The van der Waals surface area contributed by atoms with Crippen molar-refractivity contribution in [1.29, 1.82) is 0 Å². The van der Waals surface area contributed by atoms with Crippen LogP contribution in [0.2, 0.25) is 0 Å². The van der Waals surface area contributed by atoms with Crippen LogP contribution < -0.4 is 5.73 Å². The van der Waals surface area contributed by atoms with Crippen molar-refractivity contribution < 1.29 is 10.2 Å². The fourth-order valence-corrected chi connectivity index (χ4v) is 6.24. The Kier molecular flexibility index (Phi) is 8.06. The van der Waals surface area contributed by atoms with Crippen LogP contribution in [0.3, 0.4) is 0 Å². The Balaban J connectivity index is 1.73. The maximum absolute atomic E-state index is 10.6. The van der Waals surface area contributed by atoms with Gasteiger partial charge in [-0.15, -0.1) is 0 Å². The molecule has 5 unspecified atom stereocenters. The molecule has 2 saturated carbocycles. The van der Waals surface area contributed by atoms with Gasteiger partial charge < -0.3 is 15.9 Å². The van der Waals surface area contributed by atoms with Crippen LogP contribution in [0.25, 0.3) is 0 Å². The average Bonchev–Trinajstić information content (AvgIpc) is 3.12. The summed E-state index contributed by atoms with van der Waals surface area (Å²) in [6.45, 7) is 13.1. The van der Waals surface area contributed by atoms with Gasteiger partial charge in [-0.2, -0.15) is 0 Å². The van der Waals surface area contributed by atoms with Gasteiger partial charge >= 0.3 is 0 Å². The molecule has 0 aromatic heterocycles. The first-order chi connectivity index (χ1) is 15.1. The third-order valence-corrected chi connectivity index (χ3v) is 8.62. The van der Waals surface area contributed by atoms with Crippen molar-refractivity contribution >= 4 is 0 Å². The van der Waals surface area contributed by atoms with Gasteiger partial charge in [0.2, 0.25) is 0 Å². The van der Waals surface area contributed by atoms with Crippen LogP contribution in [0.1, 0.15) is 85.5 Å². The van der Waals surface area contributed by atoms with Crippen molar-refractivity contribution in [2.24, 2.45) is 23.0 Å². The van der Waals surface area contributed by atoms with E-state index >= 15 is 0 Å². The number of aliphatic hydroxyl groups excluding tert-OH is 1. The normalized spacial score (nSPS) is 34.9.